The van der Waals surface area contributed by atoms with Gasteiger partial charge in [-0.15, -0.1) is 0 Å². The highest BCUT2D eigenvalue weighted by Gasteiger charge is 2.52. The van der Waals surface area contributed by atoms with Crippen molar-refractivity contribution in [3.8, 4) is 0 Å². The van der Waals surface area contributed by atoms with Crippen molar-refractivity contribution in [2.24, 2.45) is 11.3 Å². The van der Waals surface area contributed by atoms with E-state index in [0.29, 0.717) is 11.3 Å². The summed E-state index contributed by atoms with van der Waals surface area (Å²) in [6, 6.07) is 0. The van der Waals surface area contributed by atoms with E-state index in [1.165, 1.54) is 82.6 Å². The summed E-state index contributed by atoms with van der Waals surface area (Å²) < 4.78 is 0. The number of hydrogen-bond acceptors (Lipinski definition) is 0. The quantitative estimate of drug-likeness (QED) is 0.325. The van der Waals surface area contributed by atoms with E-state index in [1.807, 2.05) is 0 Å². The summed E-state index contributed by atoms with van der Waals surface area (Å²) in [7, 11) is 0. The molecule has 1 spiro atoms. The molecule has 0 nitrogen and oxygen atoms in total. The Kier molecular flexibility index (Phi) is 4.72. The summed E-state index contributed by atoms with van der Waals surface area (Å²) in [4.78, 5) is 0. The molecular formula is C21H32. The van der Waals surface area contributed by atoms with Crippen molar-refractivity contribution in [2.45, 2.75) is 84.0 Å². The molecule has 21 heavy (non-hydrogen) atoms. The Morgan fingerprint density at radius 3 is 2.57 bits per heavy atom. The largest absolute Gasteiger partial charge is 0.0949 e. The van der Waals surface area contributed by atoms with E-state index < -0.39 is 0 Å². The van der Waals surface area contributed by atoms with Gasteiger partial charge in [-0.2, -0.15) is 0 Å². The third-order valence-corrected chi connectivity index (χ3v) is 6.11. The van der Waals surface area contributed by atoms with Crippen molar-refractivity contribution in [3.63, 3.8) is 0 Å². The maximum atomic E-state index is 4.34. The first-order valence-electron chi connectivity index (χ1n) is 9.39. The zero-order valence-electron chi connectivity index (χ0n) is 13.9. The van der Waals surface area contributed by atoms with Crippen LogP contribution in [0.15, 0.2) is 35.5 Å². The van der Waals surface area contributed by atoms with E-state index in [9.17, 15) is 0 Å². The van der Waals surface area contributed by atoms with Gasteiger partial charge in [-0.25, -0.2) is 0 Å². The minimum Gasteiger partial charge on any atom is -0.0949 e. The molecule has 116 valence electrons. The number of rotatable bonds is 9. The van der Waals surface area contributed by atoms with Crippen LogP contribution in [0.25, 0.3) is 0 Å². The Balaban J connectivity index is 1.39. The van der Waals surface area contributed by atoms with Crippen LogP contribution < -0.4 is 0 Å². The van der Waals surface area contributed by atoms with E-state index in [2.05, 4.69) is 25.7 Å². The van der Waals surface area contributed by atoms with Crippen LogP contribution in [-0.2, 0) is 0 Å². The lowest BCUT2D eigenvalue weighted by molar-refractivity contribution is 0.424. The van der Waals surface area contributed by atoms with Gasteiger partial charge in [-0.3, -0.25) is 0 Å². The van der Waals surface area contributed by atoms with E-state index in [0.717, 1.165) is 0 Å². The van der Waals surface area contributed by atoms with Gasteiger partial charge >= 0.3 is 0 Å². The SMILES string of the molecule is C=C1C2=CCC[C@]23CC1C=C3CCCCCCCCCC. The van der Waals surface area contributed by atoms with Gasteiger partial charge in [0.2, 0.25) is 0 Å². The lowest BCUT2D eigenvalue weighted by Gasteiger charge is -2.29. The van der Waals surface area contributed by atoms with Gasteiger partial charge in [0.05, 0.1) is 0 Å². The molecule has 0 aromatic rings. The molecule has 3 rings (SSSR count). The average molecular weight is 284 g/mol. The van der Waals surface area contributed by atoms with E-state index in [4.69, 9.17) is 0 Å². The molecule has 0 N–H and O–H groups in total. The van der Waals surface area contributed by atoms with Crippen LogP contribution in [0.3, 0.4) is 0 Å². The molecular weight excluding hydrogens is 252 g/mol. The van der Waals surface area contributed by atoms with Gasteiger partial charge in [0, 0.05) is 11.3 Å². The predicted octanol–water partition coefficient (Wildman–Crippen LogP) is 6.74. The molecule has 1 unspecified atom stereocenters. The van der Waals surface area contributed by atoms with Crippen LogP contribution in [0.1, 0.15) is 84.0 Å². The number of unbranched alkanes of at least 4 members (excludes halogenated alkanes) is 7. The van der Waals surface area contributed by atoms with Crippen molar-refractivity contribution < 1.29 is 0 Å². The Morgan fingerprint density at radius 1 is 1.10 bits per heavy atom. The molecule has 1 fully saturated rings. The molecule has 2 bridgehead atoms. The van der Waals surface area contributed by atoms with Crippen LogP contribution in [0.5, 0.6) is 0 Å². The summed E-state index contributed by atoms with van der Waals surface area (Å²) in [5.41, 5.74) is 5.36. The Morgan fingerprint density at radius 2 is 1.81 bits per heavy atom. The molecule has 0 radical (unpaired) electrons. The summed E-state index contributed by atoms with van der Waals surface area (Å²) in [6.07, 6.45) is 21.9. The minimum atomic E-state index is 0.475. The third-order valence-electron chi connectivity index (χ3n) is 6.11. The molecule has 0 aromatic heterocycles. The van der Waals surface area contributed by atoms with Crippen molar-refractivity contribution in [1.82, 2.24) is 0 Å². The zero-order valence-corrected chi connectivity index (χ0v) is 13.9. The van der Waals surface area contributed by atoms with Gasteiger partial charge in [0.1, 0.15) is 0 Å². The normalized spacial score (nSPS) is 29.8. The van der Waals surface area contributed by atoms with Gasteiger partial charge < -0.3 is 0 Å². The molecule has 0 amide bonds. The fourth-order valence-electron chi connectivity index (χ4n) is 4.94. The highest BCUT2D eigenvalue weighted by Crippen LogP contribution is 2.65. The number of hydrogen-bond donors (Lipinski definition) is 0. The van der Waals surface area contributed by atoms with Gasteiger partial charge in [0.25, 0.3) is 0 Å². The summed E-state index contributed by atoms with van der Waals surface area (Å²) in [5.74, 6) is 0.695. The average Bonchev–Trinajstić information content (AvgIpc) is 3.13. The first kappa shape index (κ1) is 15.1. The molecule has 3 aliphatic rings. The Bertz CT molecular complexity index is 451. The third kappa shape index (κ3) is 2.79. The monoisotopic (exact) mass is 284 g/mol. The Hall–Kier alpha value is -0.780. The smallest absolute Gasteiger partial charge is 0.0173 e. The molecule has 1 saturated carbocycles. The molecule has 0 saturated heterocycles. The molecule has 0 heteroatoms. The standard InChI is InChI=1S/C21H32/c1-3-4-5-6-7-8-9-10-12-19-15-18-16-21(19)14-11-13-20(21)17(18)2/h13,15,18H,2-12,14,16H2,1H3/t18?,21-/m1/s1. The fraction of sp³-hybridized carbons (Fsp3) is 0.714. The van der Waals surface area contributed by atoms with Gasteiger partial charge in [-0.1, -0.05) is 76.2 Å². The minimum absolute atomic E-state index is 0.475. The van der Waals surface area contributed by atoms with Crippen molar-refractivity contribution in [2.75, 3.05) is 0 Å². The molecule has 3 aliphatic carbocycles. The predicted molar refractivity (Wildman–Crippen MR) is 92.3 cm³/mol. The van der Waals surface area contributed by atoms with E-state index >= 15 is 0 Å². The molecule has 0 aliphatic heterocycles. The van der Waals surface area contributed by atoms with Crippen LogP contribution in [0.4, 0.5) is 0 Å². The Labute approximate surface area is 131 Å². The maximum absolute atomic E-state index is 4.34. The second-order valence-electron chi connectivity index (χ2n) is 7.49. The number of fused-ring (bicyclic) bond motifs is 1. The van der Waals surface area contributed by atoms with Crippen LogP contribution in [0, 0.1) is 11.3 Å². The van der Waals surface area contributed by atoms with Crippen molar-refractivity contribution >= 4 is 0 Å². The summed E-state index contributed by atoms with van der Waals surface area (Å²) in [5, 5.41) is 0. The first-order valence-corrected chi connectivity index (χ1v) is 9.39. The van der Waals surface area contributed by atoms with Crippen LogP contribution in [0.2, 0.25) is 0 Å². The first-order chi connectivity index (χ1) is 10.3. The van der Waals surface area contributed by atoms with Crippen molar-refractivity contribution in [3.05, 3.63) is 35.5 Å². The lowest BCUT2D eigenvalue weighted by Crippen LogP contribution is -2.17. The highest BCUT2D eigenvalue weighted by atomic mass is 14.6. The zero-order chi connectivity index (χ0) is 14.7. The van der Waals surface area contributed by atoms with Crippen molar-refractivity contribution in [1.29, 1.82) is 0 Å². The molecule has 0 heterocycles. The lowest BCUT2D eigenvalue weighted by atomic mass is 9.75. The van der Waals surface area contributed by atoms with E-state index in [1.54, 1.807) is 11.1 Å². The summed E-state index contributed by atoms with van der Waals surface area (Å²) >= 11 is 0. The molecule has 2 atom stereocenters. The topological polar surface area (TPSA) is 0 Å². The summed E-state index contributed by atoms with van der Waals surface area (Å²) in [6.45, 7) is 6.64. The maximum Gasteiger partial charge on any atom is 0.0173 e. The number of allylic oxidation sites excluding steroid dienone is 5. The second-order valence-corrected chi connectivity index (χ2v) is 7.49. The van der Waals surface area contributed by atoms with Crippen LogP contribution in [-0.4, -0.2) is 0 Å². The van der Waals surface area contributed by atoms with E-state index in [-0.39, 0.29) is 0 Å². The van der Waals surface area contributed by atoms with Gasteiger partial charge in [0.15, 0.2) is 0 Å². The van der Waals surface area contributed by atoms with Crippen LogP contribution >= 0.6 is 0 Å². The second kappa shape index (κ2) is 6.55. The molecule has 0 aromatic carbocycles. The van der Waals surface area contributed by atoms with Gasteiger partial charge in [-0.05, 0) is 43.3 Å². The highest BCUT2D eigenvalue weighted by molar-refractivity contribution is 5.57. The fourth-order valence-corrected chi connectivity index (χ4v) is 4.94.